The van der Waals surface area contributed by atoms with Gasteiger partial charge in [0.2, 0.25) is 0 Å². The summed E-state index contributed by atoms with van der Waals surface area (Å²) in [6.07, 6.45) is 0. The van der Waals surface area contributed by atoms with E-state index in [4.69, 9.17) is 9.15 Å². The van der Waals surface area contributed by atoms with Gasteiger partial charge in [-0.3, -0.25) is 0 Å². The molecule has 14 heavy (non-hydrogen) atoms. The average molecular weight is 255 g/mol. The van der Waals surface area contributed by atoms with E-state index in [1.165, 1.54) is 0 Å². The van der Waals surface area contributed by atoms with E-state index in [1.807, 2.05) is 24.3 Å². The summed E-state index contributed by atoms with van der Waals surface area (Å²) in [4.78, 5) is 0.360. The molecule has 2 rings (SSSR count). The zero-order valence-corrected chi connectivity index (χ0v) is 8.98. The molecule has 0 saturated carbocycles. The third-order valence-electron chi connectivity index (χ3n) is 1.74. The minimum Gasteiger partial charge on any atom is -0.496 e. The Morgan fingerprint density at radius 2 is 2.07 bits per heavy atom. The molecule has 0 amide bonds. The first kappa shape index (κ1) is 9.21. The molecule has 0 bridgehead atoms. The molecule has 0 atom stereocenters. The fraction of sp³-hybridized carbons (Fsp3) is 0.111. The van der Waals surface area contributed by atoms with Crippen LogP contribution in [-0.2, 0) is 0 Å². The fourth-order valence-corrected chi connectivity index (χ4v) is 1.37. The molecule has 72 valence electrons. The van der Waals surface area contributed by atoms with E-state index in [2.05, 4.69) is 26.1 Å². The lowest BCUT2D eigenvalue weighted by molar-refractivity contribution is 0.414. The molecule has 0 fully saturated rings. The Bertz CT molecular complexity index is 442. The molecule has 0 radical (unpaired) electrons. The number of halogens is 1. The first-order chi connectivity index (χ1) is 6.81. The molecule has 0 saturated heterocycles. The zero-order valence-electron chi connectivity index (χ0n) is 7.40. The van der Waals surface area contributed by atoms with Crippen molar-refractivity contribution in [2.45, 2.75) is 0 Å². The Labute approximate surface area is 89.0 Å². The van der Waals surface area contributed by atoms with Crippen LogP contribution in [0.15, 0.2) is 33.5 Å². The maximum atomic E-state index is 5.23. The molecule has 5 heteroatoms. The van der Waals surface area contributed by atoms with Gasteiger partial charge in [-0.05, 0) is 12.1 Å². The number of ether oxygens (including phenoxy) is 1. The van der Waals surface area contributed by atoms with E-state index in [9.17, 15) is 0 Å². The summed E-state index contributed by atoms with van der Waals surface area (Å²) in [6.45, 7) is 0. The maximum Gasteiger partial charge on any atom is 0.285 e. The van der Waals surface area contributed by atoms with Crippen molar-refractivity contribution in [1.82, 2.24) is 10.2 Å². The van der Waals surface area contributed by atoms with E-state index in [1.54, 1.807) is 7.11 Å². The van der Waals surface area contributed by atoms with Crippen molar-refractivity contribution in [2.75, 3.05) is 7.11 Å². The van der Waals surface area contributed by atoms with Gasteiger partial charge in [-0.1, -0.05) is 12.1 Å². The average Bonchev–Trinajstić information content (AvgIpc) is 2.65. The molecule has 1 heterocycles. The van der Waals surface area contributed by atoms with Gasteiger partial charge in [0.1, 0.15) is 5.75 Å². The lowest BCUT2D eigenvalue weighted by Crippen LogP contribution is -1.87. The van der Waals surface area contributed by atoms with Crippen LogP contribution in [0.25, 0.3) is 11.5 Å². The second kappa shape index (κ2) is 3.79. The number of benzene rings is 1. The summed E-state index contributed by atoms with van der Waals surface area (Å²) in [7, 11) is 1.60. The van der Waals surface area contributed by atoms with Gasteiger partial charge in [0.15, 0.2) is 0 Å². The second-order valence-electron chi connectivity index (χ2n) is 2.56. The maximum absolute atomic E-state index is 5.23. The van der Waals surface area contributed by atoms with Crippen LogP contribution in [-0.4, -0.2) is 17.3 Å². The highest BCUT2D eigenvalue weighted by Crippen LogP contribution is 2.28. The van der Waals surface area contributed by atoms with Gasteiger partial charge in [0.25, 0.3) is 10.7 Å². The summed E-state index contributed by atoms with van der Waals surface area (Å²) < 4.78 is 10.4. The Kier molecular flexibility index (Phi) is 2.49. The van der Waals surface area contributed by atoms with Crippen molar-refractivity contribution < 1.29 is 9.15 Å². The highest BCUT2D eigenvalue weighted by molar-refractivity contribution is 9.10. The van der Waals surface area contributed by atoms with Gasteiger partial charge < -0.3 is 9.15 Å². The Hall–Kier alpha value is -1.36. The lowest BCUT2D eigenvalue weighted by atomic mass is 10.2. The summed E-state index contributed by atoms with van der Waals surface area (Å²) >= 11 is 3.09. The van der Waals surface area contributed by atoms with E-state index in [0.29, 0.717) is 16.4 Å². The number of hydrogen-bond acceptors (Lipinski definition) is 4. The van der Waals surface area contributed by atoms with Crippen molar-refractivity contribution >= 4 is 15.9 Å². The highest BCUT2D eigenvalue weighted by atomic mass is 79.9. The standard InChI is InChI=1S/C9H7BrN2O2/c1-13-7-5-3-2-4-6(7)8-11-12-9(10)14-8/h2-5H,1H3. The number of nitrogens with zero attached hydrogens (tertiary/aromatic N) is 2. The lowest BCUT2D eigenvalue weighted by Gasteiger charge is -2.02. The van der Waals surface area contributed by atoms with Crippen molar-refractivity contribution in [1.29, 1.82) is 0 Å². The van der Waals surface area contributed by atoms with Gasteiger partial charge in [0, 0.05) is 15.9 Å². The molecule has 0 unspecified atom stereocenters. The molecule has 1 aromatic heterocycles. The fourth-order valence-electron chi connectivity index (χ4n) is 1.14. The Balaban J connectivity index is 2.50. The minimum atomic E-state index is 0.360. The highest BCUT2D eigenvalue weighted by Gasteiger charge is 2.10. The van der Waals surface area contributed by atoms with Crippen LogP contribution in [0.3, 0.4) is 0 Å². The summed E-state index contributed by atoms with van der Waals surface area (Å²) in [6, 6.07) is 7.47. The largest absolute Gasteiger partial charge is 0.496 e. The molecular weight excluding hydrogens is 248 g/mol. The molecule has 0 spiro atoms. The van der Waals surface area contributed by atoms with Crippen LogP contribution < -0.4 is 4.74 Å². The van der Waals surface area contributed by atoms with Gasteiger partial charge in [-0.15, -0.1) is 10.2 Å². The minimum absolute atomic E-state index is 0.360. The predicted molar refractivity (Wildman–Crippen MR) is 54.0 cm³/mol. The van der Waals surface area contributed by atoms with Crippen molar-refractivity contribution in [2.24, 2.45) is 0 Å². The van der Waals surface area contributed by atoms with E-state index >= 15 is 0 Å². The third-order valence-corrected chi connectivity index (χ3v) is 2.06. The Morgan fingerprint density at radius 1 is 1.29 bits per heavy atom. The van der Waals surface area contributed by atoms with Crippen LogP contribution in [0.2, 0.25) is 0 Å². The molecule has 0 aliphatic heterocycles. The molecule has 0 aliphatic rings. The second-order valence-corrected chi connectivity index (χ2v) is 3.24. The van der Waals surface area contributed by atoms with E-state index in [0.717, 1.165) is 5.56 Å². The smallest absolute Gasteiger partial charge is 0.285 e. The van der Waals surface area contributed by atoms with Crippen molar-refractivity contribution in [3.63, 3.8) is 0 Å². The third kappa shape index (κ3) is 1.63. The normalized spacial score (nSPS) is 10.1. The molecule has 1 aromatic carbocycles. The molecule has 4 nitrogen and oxygen atoms in total. The SMILES string of the molecule is COc1ccccc1-c1nnc(Br)o1. The first-order valence-corrected chi connectivity index (χ1v) is 4.73. The van der Waals surface area contributed by atoms with E-state index in [-0.39, 0.29) is 0 Å². The first-order valence-electron chi connectivity index (χ1n) is 3.93. The monoisotopic (exact) mass is 254 g/mol. The molecule has 2 aromatic rings. The van der Waals surface area contributed by atoms with Crippen LogP contribution in [0.4, 0.5) is 0 Å². The molecule has 0 N–H and O–H groups in total. The van der Waals surface area contributed by atoms with Gasteiger partial charge in [-0.25, -0.2) is 0 Å². The number of methoxy groups -OCH3 is 1. The molecular formula is C9H7BrN2O2. The van der Waals surface area contributed by atoms with Gasteiger partial charge in [0.05, 0.1) is 12.7 Å². The molecule has 0 aliphatic carbocycles. The zero-order chi connectivity index (χ0) is 9.97. The van der Waals surface area contributed by atoms with Crippen LogP contribution in [0.1, 0.15) is 0 Å². The Morgan fingerprint density at radius 3 is 2.71 bits per heavy atom. The summed E-state index contributed by atoms with van der Waals surface area (Å²) in [5, 5.41) is 7.56. The van der Waals surface area contributed by atoms with Crippen LogP contribution in [0.5, 0.6) is 5.75 Å². The van der Waals surface area contributed by atoms with Crippen LogP contribution >= 0.6 is 15.9 Å². The van der Waals surface area contributed by atoms with Crippen molar-refractivity contribution in [3.05, 3.63) is 29.1 Å². The van der Waals surface area contributed by atoms with Gasteiger partial charge in [-0.2, -0.15) is 0 Å². The summed E-state index contributed by atoms with van der Waals surface area (Å²) in [5.41, 5.74) is 0.785. The number of hydrogen-bond donors (Lipinski definition) is 0. The van der Waals surface area contributed by atoms with Gasteiger partial charge >= 0.3 is 0 Å². The number of aromatic nitrogens is 2. The predicted octanol–water partition coefficient (Wildman–Crippen LogP) is 2.51. The number of para-hydroxylation sites is 1. The van der Waals surface area contributed by atoms with Crippen molar-refractivity contribution in [3.8, 4) is 17.2 Å². The quantitative estimate of drug-likeness (QED) is 0.827. The topological polar surface area (TPSA) is 48.2 Å². The number of rotatable bonds is 2. The van der Waals surface area contributed by atoms with Crippen LogP contribution in [0, 0.1) is 0 Å². The summed E-state index contributed by atoms with van der Waals surface area (Å²) in [5.74, 6) is 1.15. The van der Waals surface area contributed by atoms with E-state index < -0.39 is 0 Å².